The fourth-order valence-electron chi connectivity index (χ4n) is 1.58. The normalized spacial score (nSPS) is 10.0. The number of hydrogen-bond donors (Lipinski definition) is 0. The maximum absolute atomic E-state index is 11.4. The zero-order valence-corrected chi connectivity index (χ0v) is 9.73. The molecule has 1 heterocycles. The fraction of sp³-hybridized carbons (Fsp3) is 0.143. The highest BCUT2D eigenvalue weighted by molar-refractivity contribution is 5.88. The van der Waals surface area contributed by atoms with Crippen molar-refractivity contribution < 1.29 is 9.53 Å². The number of esters is 1. The number of carbonyl (C=O) groups is 1. The number of rotatable bonds is 2. The molecule has 85 valence electrons. The average molecular weight is 226 g/mol. The number of aryl methyl sites for hydroxylation is 1. The van der Waals surface area contributed by atoms with E-state index >= 15 is 0 Å². The predicted octanol–water partition coefficient (Wildman–Crippen LogP) is 2.64. The summed E-state index contributed by atoms with van der Waals surface area (Å²) in [4.78, 5) is 15.5. The number of pyridine rings is 1. The van der Waals surface area contributed by atoms with Crippen molar-refractivity contribution >= 4 is 5.97 Å². The molecule has 0 saturated carbocycles. The number of methoxy groups -OCH3 is 1. The third-order valence-electron chi connectivity index (χ3n) is 2.36. The van der Waals surface area contributed by atoms with Crippen molar-refractivity contribution in [1.82, 2.24) is 4.98 Å². The molecule has 0 aliphatic heterocycles. The smallest absolute Gasteiger partial charge is 0.357 e. The Bertz CT molecular complexity index is 535. The van der Waals surface area contributed by atoms with Crippen molar-refractivity contribution in [3.8, 4) is 11.1 Å². The van der Waals surface area contributed by atoms with Crippen LogP contribution >= 0.6 is 0 Å². The van der Waals surface area contributed by atoms with Crippen LogP contribution in [-0.2, 0) is 4.74 Å². The molecule has 0 spiro atoms. The highest BCUT2D eigenvalue weighted by Gasteiger charge is 2.10. The fourth-order valence-corrected chi connectivity index (χ4v) is 1.58. The van der Waals surface area contributed by atoms with Crippen LogP contribution in [0.2, 0.25) is 0 Å². The lowest BCUT2D eigenvalue weighted by Gasteiger charge is -2.05. The van der Waals surface area contributed by atoms with Crippen LogP contribution in [0.15, 0.2) is 36.4 Å². The Morgan fingerprint density at radius 3 is 2.65 bits per heavy atom. The number of carbonyl (C=O) groups excluding carboxylic acids is 1. The van der Waals surface area contributed by atoms with Gasteiger partial charge < -0.3 is 4.74 Å². The van der Waals surface area contributed by atoms with Gasteiger partial charge in [-0.15, -0.1) is 0 Å². The quantitative estimate of drug-likeness (QED) is 0.739. The standard InChI is InChI=1S/C14H12NO2/c1-10-8-12(11-6-4-3-5-7-11)9-13(15-10)14(16)17-2/h3-8H,1-2H3. The van der Waals surface area contributed by atoms with Gasteiger partial charge in [0, 0.05) is 11.8 Å². The van der Waals surface area contributed by atoms with Gasteiger partial charge >= 0.3 is 5.97 Å². The van der Waals surface area contributed by atoms with E-state index < -0.39 is 5.97 Å². The van der Waals surface area contributed by atoms with Crippen molar-refractivity contribution in [1.29, 1.82) is 0 Å². The van der Waals surface area contributed by atoms with E-state index in [9.17, 15) is 4.79 Å². The second-order valence-corrected chi connectivity index (χ2v) is 3.64. The SMILES string of the molecule is COC(=O)c1[c]c(-c2ccccc2)cc(C)n1. The van der Waals surface area contributed by atoms with Crippen LogP contribution in [0.3, 0.4) is 0 Å². The maximum atomic E-state index is 11.4. The Labute approximate surface area is 100 Å². The molecule has 0 atom stereocenters. The molecular formula is C14H12NO2. The summed E-state index contributed by atoms with van der Waals surface area (Å²) < 4.78 is 4.65. The third-order valence-corrected chi connectivity index (χ3v) is 2.36. The zero-order valence-electron chi connectivity index (χ0n) is 9.73. The van der Waals surface area contributed by atoms with Crippen LogP contribution in [0, 0.1) is 13.0 Å². The monoisotopic (exact) mass is 226 g/mol. The maximum Gasteiger partial charge on any atom is 0.357 e. The minimum atomic E-state index is -0.467. The number of ether oxygens (including phenoxy) is 1. The largest absolute Gasteiger partial charge is 0.464 e. The van der Waals surface area contributed by atoms with Crippen LogP contribution in [0.5, 0.6) is 0 Å². The van der Waals surface area contributed by atoms with Crippen molar-refractivity contribution in [2.45, 2.75) is 6.92 Å². The first-order chi connectivity index (χ1) is 8.20. The molecule has 1 aromatic heterocycles. The Hall–Kier alpha value is -2.16. The van der Waals surface area contributed by atoms with E-state index in [0.29, 0.717) is 0 Å². The van der Waals surface area contributed by atoms with Crippen molar-refractivity contribution in [3.63, 3.8) is 0 Å². The number of hydrogen-bond acceptors (Lipinski definition) is 3. The lowest BCUT2D eigenvalue weighted by atomic mass is 10.1. The molecule has 0 saturated heterocycles. The van der Waals surface area contributed by atoms with Crippen LogP contribution in [0.4, 0.5) is 0 Å². The molecule has 0 amide bonds. The minimum absolute atomic E-state index is 0.214. The summed E-state index contributed by atoms with van der Waals surface area (Å²) in [6.07, 6.45) is 0. The average Bonchev–Trinajstić information content (AvgIpc) is 2.38. The molecule has 0 unspecified atom stereocenters. The first-order valence-electron chi connectivity index (χ1n) is 5.25. The summed E-state index contributed by atoms with van der Waals surface area (Å²) in [6.45, 7) is 1.84. The molecule has 0 bridgehead atoms. The first-order valence-corrected chi connectivity index (χ1v) is 5.25. The molecule has 1 radical (unpaired) electrons. The van der Waals surface area contributed by atoms with E-state index in [2.05, 4.69) is 15.8 Å². The van der Waals surface area contributed by atoms with Gasteiger partial charge in [-0.3, -0.25) is 0 Å². The van der Waals surface area contributed by atoms with Crippen molar-refractivity contribution in [3.05, 3.63) is 53.9 Å². The highest BCUT2D eigenvalue weighted by Crippen LogP contribution is 2.20. The summed E-state index contributed by atoms with van der Waals surface area (Å²) in [5.41, 5.74) is 2.83. The molecule has 2 rings (SSSR count). The second kappa shape index (κ2) is 4.78. The topological polar surface area (TPSA) is 39.2 Å². The van der Waals surface area contributed by atoms with Crippen molar-refractivity contribution in [2.24, 2.45) is 0 Å². The van der Waals surface area contributed by atoms with Gasteiger partial charge in [0.05, 0.1) is 7.11 Å². The van der Waals surface area contributed by atoms with E-state index in [4.69, 9.17) is 0 Å². The van der Waals surface area contributed by atoms with E-state index in [1.807, 2.05) is 43.3 Å². The first kappa shape index (κ1) is 11.3. The molecule has 1 aromatic carbocycles. The van der Waals surface area contributed by atoms with Crippen LogP contribution in [0.1, 0.15) is 16.2 Å². The van der Waals surface area contributed by atoms with Crippen molar-refractivity contribution in [2.75, 3.05) is 7.11 Å². The van der Waals surface area contributed by atoms with Gasteiger partial charge in [0.1, 0.15) is 0 Å². The summed E-state index contributed by atoms with van der Waals surface area (Å²) in [7, 11) is 1.34. The molecule has 0 aliphatic rings. The van der Waals surface area contributed by atoms with Crippen LogP contribution < -0.4 is 0 Å². The molecule has 3 nitrogen and oxygen atoms in total. The van der Waals surface area contributed by atoms with E-state index in [1.165, 1.54) is 7.11 Å². The zero-order chi connectivity index (χ0) is 12.3. The van der Waals surface area contributed by atoms with Gasteiger partial charge in [0.2, 0.25) is 0 Å². The molecule has 2 aromatic rings. The lowest BCUT2D eigenvalue weighted by molar-refractivity contribution is 0.0593. The van der Waals surface area contributed by atoms with Gasteiger partial charge in [-0.05, 0) is 24.1 Å². The summed E-state index contributed by atoms with van der Waals surface area (Å²) >= 11 is 0. The van der Waals surface area contributed by atoms with Crippen LogP contribution in [0.25, 0.3) is 11.1 Å². The Morgan fingerprint density at radius 2 is 2.00 bits per heavy atom. The number of nitrogens with zero attached hydrogens (tertiary/aromatic N) is 1. The summed E-state index contributed by atoms with van der Waals surface area (Å²) in [5.74, 6) is -0.467. The summed E-state index contributed by atoms with van der Waals surface area (Å²) in [6, 6.07) is 14.6. The molecule has 0 aliphatic carbocycles. The Kier molecular flexibility index (Phi) is 3.19. The lowest BCUT2D eigenvalue weighted by Crippen LogP contribution is -2.05. The molecule has 0 N–H and O–H groups in total. The minimum Gasteiger partial charge on any atom is -0.464 e. The molecule has 3 heteroatoms. The Morgan fingerprint density at radius 1 is 1.29 bits per heavy atom. The van der Waals surface area contributed by atoms with Crippen LogP contribution in [-0.4, -0.2) is 18.1 Å². The third kappa shape index (κ3) is 2.50. The molecule has 0 fully saturated rings. The molecular weight excluding hydrogens is 214 g/mol. The predicted molar refractivity (Wildman–Crippen MR) is 64.6 cm³/mol. The van der Waals surface area contributed by atoms with Gasteiger partial charge in [-0.25, -0.2) is 9.78 Å². The van der Waals surface area contributed by atoms with E-state index in [1.54, 1.807) is 0 Å². The van der Waals surface area contributed by atoms with E-state index in [-0.39, 0.29) is 5.69 Å². The van der Waals surface area contributed by atoms with Gasteiger partial charge in [0.15, 0.2) is 5.69 Å². The number of benzene rings is 1. The van der Waals surface area contributed by atoms with Gasteiger partial charge in [-0.1, -0.05) is 30.3 Å². The molecule has 17 heavy (non-hydrogen) atoms. The summed E-state index contributed by atoms with van der Waals surface area (Å²) in [5, 5.41) is 0. The number of aromatic nitrogens is 1. The van der Waals surface area contributed by atoms with E-state index in [0.717, 1.165) is 16.8 Å². The second-order valence-electron chi connectivity index (χ2n) is 3.64. The Balaban J connectivity index is 2.49. The van der Waals surface area contributed by atoms with Gasteiger partial charge in [-0.2, -0.15) is 0 Å². The highest BCUT2D eigenvalue weighted by atomic mass is 16.5. The van der Waals surface area contributed by atoms with Gasteiger partial charge in [0.25, 0.3) is 0 Å².